The van der Waals surface area contributed by atoms with Crippen molar-refractivity contribution in [2.24, 2.45) is 0 Å². The molecule has 0 aromatic heterocycles. The zero-order valence-electron chi connectivity index (χ0n) is 10.8. The highest BCUT2D eigenvalue weighted by atomic mass is 28.4. The standard InChI is InChI=1S/C13H24OSi/c1-13(2,3)15(4,5)14-11-12-9-7-6-8-10-12/h7,9-10H,6,8,11H2,1-5H3. The molecule has 0 bridgehead atoms. The summed E-state index contributed by atoms with van der Waals surface area (Å²) in [5, 5.41) is 0.311. The molecule has 0 atom stereocenters. The number of hydrogen-bond donors (Lipinski definition) is 0. The van der Waals surface area contributed by atoms with Crippen LogP contribution in [0.2, 0.25) is 18.1 Å². The van der Waals surface area contributed by atoms with Crippen LogP contribution < -0.4 is 0 Å². The van der Waals surface area contributed by atoms with Crippen molar-refractivity contribution < 1.29 is 4.43 Å². The SMILES string of the molecule is CC(C)(C)[Si](C)(C)OCC1=CCCC=C1. The van der Waals surface area contributed by atoms with Gasteiger partial charge in [0.1, 0.15) is 0 Å². The van der Waals surface area contributed by atoms with Crippen LogP contribution in [-0.2, 0) is 4.43 Å². The summed E-state index contributed by atoms with van der Waals surface area (Å²) in [7, 11) is -1.56. The lowest BCUT2D eigenvalue weighted by molar-refractivity contribution is 0.321. The third-order valence-corrected chi connectivity index (χ3v) is 7.96. The van der Waals surface area contributed by atoms with Crippen molar-refractivity contribution >= 4 is 8.32 Å². The van der Waals surface area contributed by atoms with Gasteiger partial charge < -0.3 is 4.43 Å². The van der Waals surface area contributed by atoms with E-state index in [9.17, 15) is 0 Å². The van der Waals surface area contributed by atoms with E-state index < -0.39 is 8.32 Å². The van der Waals surface area contributed by atoms with Gasteiger partial charge in [-0.1, -0.05) is 39.0 Å². The highest BCUT2D eigenvalue weighted by Gasteiger charge is 2.37. The maximum absolute atomic E-state index is 6.15. The van der Waals surface area contributed by atoms with E-state index in [2.05, 4.69) is 52.1 Å². The molecule has 0 fully saturated rings. The van der Waals surface area contributed by atoms with Crippen molar-refractivity contribution in [3.63, 3.8) is 0 Å². The molecular weight excluding hydrogens is 200 g/mol. The number of allylic oxidation sites excluding steroid dienone is 2. The summed E-state index contributed by atoms with van der Waals surface area (Å²) in [5.74, 6) is 0. The van der Waals surface area contributed by atoms with E-state index >= 15 is 0 Å². The zero-order valence-corrected chi connectivity index (χ0v) is 11.8. The fourth-order valence-electron chi connectivity index (χ4n) is 1.26. The number of hydrogen-bond acceptors (Lipinski definition) is 1. The van der Waals surface area contributed by atoms with Crippen LogP contribution in [-0.4, -0.2) is 14.9 Å². The smallest absolute Gasteiger partial charge is 0.192 e. The van der Waals surface area contributed by atoms with Crippen LogP contribution in [0.5, 0.6) is 0 Å². The first-order chi connectivity index (χ1) is 6.83. The predicted molar refractivity (Wildman–Crippen MR) is 69.6 cm³/mol. The van der Waals surface area contributed by atoms with Crippen LogP contribution in [0.3, 0.4) is 0 Å². The molecule has 2 heteroatoms. The van der Waals surface area contributed by atoms with Crippen LogP contribution >= 0.6 is 0 Å². The molecule has 0 aromatic carbocycles. The monoisotopic (exact) mass is 224 g/mol. The molecule has 0 saturated heterocycles. The van der Waals surface area contributed by atoms with Crippen molar-refractivity contribution in [3.8, 4) is 0 Å². The molecule has 0 aromatic rings. The molecule has 1 aliphatic carbocycles. The van der Waals surface area contributed by atoms with Crippen LogP contribution in [0.1, 0.15) is 33.6 Å². The van der Waals surface area contributed by atoms with E-state index in [0.29, 0.717) is 5.04 Å². The number of rotatable bonds is 3. The van der Waals surface area contributed by atoms with Crippen LogP contribution in [0.4, 0.5) is 0 Å². The zero-order chi connectivity index (χ0) is 11.5. The van der Waals surface area contributed by atoms with E-state index in [1.165, 1.54) is 18.4 Å². The van der Waals surface area contributed by atoms with Crippen LogP contribution in [0.25, 0.3) is 0 Å². The Morgan fingerprint density at radius 3 is 2.40 bits per heavy atom. The summed E-state index contributed by atoms with van der Waals surface area (Å²) in [5.41, 5.74) is 1.35. The van der Waals surface area contributed by atoms with E-state index in [-0.39, 0.29) is 0 Å². The average Bonchev–Trinajstić information content (AvgIpc) is 2.15. The molecule has 15 heavy (non-hydrogen) atoms. The largest absolute Gasteiger partial charge is 0.413 e. The molecule has 0 spiro atoms. The Morgan fingerprint density at radius 2 is 1.93 bits per heavy atom. The predicted octanol–water partition coefficient (Wildman–Crippen LogP) is 4.28. The molecule has 0 amide bonds. The fraction of sp³-hybridized carbons (Fsp3) is 0.692. The van der Waals surface area contributed by atoms with E-state index in [1.807, 2.05) is 0 Å². The van der Waals surface area contributed by atoms with Crippen molar-refractivity contribution in [2.75, 3.05) is 6.61 Å². The summed E-state index contributed by atoms with van der Waals surface area (Å²) in [4.78, 5) is 0. The topological polar surface area (TPSA) is 9.23 Å². The van der Waals surface area contributed by atoms with Crippen molar-refractivity contribution in [1.82, 2.24) is 0 Å². The van der Waals surface area contributed by atoms with Crippen molar-refractivity contribution in [2.45, 2.75) is 51.7 Å². The van der Waals surface area contributed by atoms with Crippen molar-refractivity contribution in [1.29, 1.82) is 0 Å². The van der Waals surface area contributed by atoms with Gasteiger partial charge in [0.05, 0.1) is 6.61 Å². The lowest BCUT2D eigenvalue weighted by Crippen LogP contribution is -2.41. The third-order valence-electron chi connectivity index (χ3n) is 3.48. The fourth-order valence-corrected chi connectivity index (χ4v) is 2.22. The Bertz CT molecular complexity index is 269. The van der Waals surface area contributed by atoms with Crippen molar-refractivity contribution in [3.05, 3.63) is 23.8 Å². The molecule has 0 saturated carbocycles. The first-order valence-electron chi connectivity index (χ1n) is 5.82. The highest BCUT2D eigenvalue weighted by Crippen LogP contribution is 2.36. The van der Waals surface area contributed by atoms with Gasteiger partial charge in [-0.3, -0.25) is 0 Å². The lowest BCUT2D eigenvalue weighted by atomic mass is 10.1. The summed E-state index contributed by atoms with van der Waals surface area (Å²) < 4.78 is 6.15. The van der Waals surface area contributed by atoms with Gasteiger partial charge in [0.2, 0.25) is 0 Å². The Labute approximate surface area is 95.4 Å². The van der Waals surface area contributed by atoms with Gasteiger partial charge in [0.25, 0.3) is 0 Å². The lowest BCUT2D eigenvalue weighted by Gasteiger charge is -2.36. The summed E-state index contributed by atoms with van der Waals surface area (Å²) in [6.45, 7) is 12.3. The summed E-state index contributed by atoms with van der Waals surface area (Å²) in [6.07, 6.45) is 9.10. The molecular formula is C13H24OSi. The summed E-state index contributed by atoms with van der Waals surface area (Å²) >= 11 is 0. The minimum Gasteiger partial charge on any atom is -0.413 e. The first kappa shape index (κ1) is 12.7. The van der Waals surface area contributed by atoms with Gasteiger partial charge in [0.15, 0.2) is 8.32 Å². The Kier molecular flexibility index (Phi) is 3.96. The maximum Gasteiger partial charge on any atom is 0.192 e. The first-order valence-corrected chi connectivity index (χ1v) is 8.73. The maximum atomic E-state index is 6.15. The summed E-state index contributed by atoms with van der Waals surface area (Å²) in [6, 6.07) is 0. The second-order valence-electron chi connectivity index (χ2n) is 5.81. The van der Waals surface area contributed by atoms with Gasteiger partial charge in [-0.15, -0.1) is 0 Å². The van der Waals surface area contributed by atoms with Crippen LogP contribution in [0, 0.1) is 0 Å². The quantitative estimate of drug-likeness (QED) is 0.650. The second kappa shape index (κ2) is 4.66. The second-order valence-corrected chi connectivity index (χ2v) is 10.6. The van der Waals surface area contributed by atoms with Gasteiger partial charge in [-0.2, -0.15) is 0 Å². The average molecular weight is 224 g/mol. The van der Waals surface area contributed by atoms with Gasteiger partial charge in [-0.25, -0.2) is 0 Å². The van der Waals surface area contributed by atoms with E-state index in [1.54, 1.807) is 0 Å². The van der Waals surface area contributed by atoms with E-state index in [0.717, 1.165) is 6.61 Å². The molecule has 0 unspecified atom stereocenters. The molecule has 1 rings (SSSR count). The normalized spacial score (nSPS) is 17.8. The van der Waals surface area contributed by atoms with E-state index in [4.69, 9.17) is 4.43 Å². The Balaban J connectivity index is 2.49. The minimum atomic E-state index is -1.56. The third kappa shape index (κ3) is 3.62. The molecule has 86 valence electrons. The molecule has 0 aliphatic heterocycles. The molecule has 0 heterocycles. The van der Waals surface area contributed by atoms with Gasteiger partial charge in [-0.05, 0) is 36.5 Å². The minimum absolute atomic E-state index is 0.311. The van der Waals surface area contributed by atoms with Gasteiger partial charge in [0, 0.05) is 0 Å². The highest BCUT2D eigenvalue weighted by molar-refractivity contribution is 6.74. The molecule has 1 nitrogen and oxygen atoms in total. The molecule has 0 radical (unpaired) electrons. The Morgan fingerprint density at radius 1 is 1.27 bits per heavy atom. The van der Waals surface area contributed by atoms with Gasteiger partial charge >= 0.3 is 0 Å². The Hall–Kier alpha value is -0.343. The van der Waals surface area contributed by atoms with Crippen LogP contribution in [0.15, 0.2) is 23.8 Å². The molecule has 0 N–H and O–H groups in total. The molecule has 1 aliphatic rings.